The first kappa shape index (κ1) is 12.0. The van der Waals surface area contributed by atoms with Crippen molar-refractivity contribution in [3.05, 3.63) is 51.8 Å². The van der Waals surface area contributed by atoms with Gasteiger partial charge in [-0.3, -0.25) is 0 Å². The maximum atomic E-state index is 10.9. The van der Waals surface area contributed by atoms with Gasteiger partial charge in [-0.15, -0.1) is 11.3 Å². The van der Waals surface area contributed by atoms with Gasteiger partial charge >= 0.3 is 5.97 Å². The Balaban J connectivity index is 2.21. The van der Waals surface area contributed by atoms with E-state index in [0.717, 1.165) is 22.4 Å². The van der Waals surface area contributed by atoms with Crippen molar-refractivity contribution in [1.82, 2.24) is 0 Å². The molecule has 0 unspecified atom stereocenters. The summed E-state index contributed by atoms with van der Waals surface area (Å²) in [6.07, 6.45) is 10.4. The van der Waals surface area contributed by atoms with Crippen molar-refractivity contribution >= 4 is 40.5 Å². The summed E-state index contributed by atoms with van der Waals surface area (Å²) in [7, 11) is 0. The smallest absolute Gasteiger partial charge is 0.346 e. The molecule has 1 aliphatic carbocycles. The molecule has 0 saturated heterocycles. The van der Waals surface area contributed by atoms with E-state index in [1.807, 2.05) is 30.4 Å². The number of allylic oxidation sites excluding steroid dienone is 5. The van der Waals surface area contributed by atoms with E-state index in [2.05, 4.69) is 0 Å². The van der Waals surface area contributed by atoms with Crippen molar-refractivity contribution in [1.29, 1.82) is 0 Å². The Bertz CT molecular complexity index is 548. The van der Waals surface area contributed by atoms with Crippen LogP contribution in [-0.2, 0) is 0 Å². The van der Waals surface area contributed by atoms with Gasteiger partial charge in [-0.25, -0.2) is 4.79 Å². The second kappa shape index (κ2) is 5.21. The number of carbonyl (C=O) groups is 1. The molecule has 1 aromatic heterocycles. The molecule has 17 heavy (non-hydrogen) atoms. The molecule has 0 aromatic carbocycles. The van der Waals surface area contributed by atoms with E-state index in [9.17, 15) is 4.79 Å². The molecule has 0 saturated carbocycles. The summed E-state index contributed by atoms with van der Waals surface area (Å²) in [5, 5.41) is 10.7. The molecule has 86 valence electrons. The minimum atomic E-state index is -0.886. The van der Waals surface area contributed by atoms with Crippen molar-refractivity contribution < 1.29 is 9.90 Å². The second-order valence-corrected chi connectivity index (χ2v) is 5.00. The SMILES string of the molecule is O=C(O)c1sccc1/C=C/C1=CC(=S)CC=C1. The van der Waals surface area contributed by atoms with Crippen LogP contribution < -0.4 is 0 Å². The minimum absolute atomic E-state index is 0.365. The van der Waals surface area contributed by atoms with Crippen molar-refractivity contribution in [2.75, 3.05) is 0 Å². The third-order valence-corrected chi connectivity index (χ3v) is 3.50. The monoisotopic (exact) mass is 262 g/mol. The maximum absolute atomic E-state index is 10.9. The third-order valence-electron chi connectivity index (χ3n) is 2.30. The fourth-order valence-electron chi connectivity index (χ4n) is 1.52. The quantitative estimate of drug-likeness (QED) is 0.844. The highest BCUT2D eigenvalue weighted by Gasteiger charge is 2.08. The summed E-state index contributed by atoms with van der Waals surface area (Å²) >= 11 is 6.34. The van der Waals surface area contributed by atoms with Gasteiger partial charge in [0.2, 0.25) is 0 Å². The first-order valence-corrected chi connectivity index (χ1v) is 6.35. The Labute approximate surface area is 109 Å². The number of rotatable bonds is 3. The van der Waals surface area contributed by atoms with Crippen LogP contribution in [0.4, 0.5) is 0 Å². The van der Waals surface area contributed by atoms with Crippen LogP contribution in [0, 0.1) is 0 Å². The van der Waals surface area contributed by atoms with Crippen molar-refractivity contribution in [3.8, 4) is 0 Å². The normalized spacial score (nSPS) is 15.3. The predicted octanol–water partition coefficient (Wildman–Crippen LogP) is 3.72. The highest BCUT2D eigenvalue weighted by Crippen LogP contribution is 2.19. The van der Waals surface area contributed by atoms with E-state index in [-0.39, 0.29) is 0 Å². The highest BCUT2D eigenvalue weighted by molar-refractivity contribution is 7.80. The van der Waals surface area contributed by atoms with E-state index in [1.54, 1.807) is 11.4 Å². The molecule has 1 heterocycles. The molecule has 0 radical (unpaired) electrons. The fraction of sp³-hybridized carbons (Fsp3) is 0.0769. The molecule has 0 amide bonds. The average molecular weight is 262 g/mol. The lowest BCUT2D eigenvalue weighted by Gasteiger charge is -2.02. The molecule has 0 aliphatic heterocycles. The van der Waals surface area contributed by atoms with E-state index in [1.165, 1.54) is 11.3 Å². The van der Waals surface area contributed by atoms with Crippen LogP contribution in [0.15, 0.2) is 41.3 Å². The maximum Gasteiger partial charge on any atom is 0.346 e. The Kier molecular flexibility index (Phi) is 3.66. The van der Waals surface area contributed by atoms with E-state index in [4.69, 9.17) is 17.3 Å². The van der Waals surface area contributed by atoms with Crippen molar-refractivity contribution in [2.24, 2.45) is 0 Å². The highest BCUT2D eigenvalue weighted by atomic mass is 32.1. The van der Waals surface area contributed by atoms with Gasteiger partial charge in [0, 0.05) is 11.3 Å². The number of aromatic carboxylic acids is 1. The largest absolute Gasteiger partial charge is 0.477 e. The van der Waals surface area contributed by atoms with Gasteiger partial charge in [-0.1, -0.05) is 36.5 Å². The summed E-state index contributed by atoms with van der Waals surface area (Å²) in [5.74, 6) is -0.886. The lowest BCUT2D eigenvalue weighted by Crippen LogP contribution is -1.94. The molecule has 1 aliphatic rings. The van der Waals surface area contributed by atoms with Crippen LogP contribution >= 0.6 is 23.6 Å². The molecule has 2 rings (SSSR count). The first-order valence-electron chi connectivity index (χ1n) is 5.07. The Hall–Kier alpha value is -1.52. The number of carboxylic acid groups (broad SMARTS) is 1. The molecule has 1 aromatic rings. The minimum Gasteiger partial charge on any atom is -0.477 e. The molecular weight excluding hydrogens is 252 g/mol. The van der Waals surface area contributed by atoms with Gasteiger partial charge < -0.3 is 5.11 Å². The standard InChI is InChI=1S/C13H10O2S2/c14-13(15)12-10(6-7-17-12)5-4-9-2-1-3-11(16)8-9/h1-2,4-8H,3H2,(H,14,15)/b5-4+. The van der Waals surface area contributed by atoms with E-state index in [0.29, 0.717) is 4.88 Å². The summed E-state index contributed by atoms with van der Waals surface area (Å²) in [6.45, 7) is 0. The topological polar surface area (TPSA) is 37.3 Å². The number of thiocarbonyl (C=S) groups is 1. The zero-order valence-electron chi connectivity index (χ0n) is 8.92. The number of hydrogen-bond acceptors (Lipinski definition) is 3. The first-order chi connectivity index (χ1) is 8.16. The van der Waals surface area contributed by atoms with Crippen LogP contribution in [0.2, 0.25) is 0 Å². The Morgan fingerprint density at radius 1 is 1.47 bits per heavy atom. The number of carboxylic acids is 1. The second-order valence-electron chi connectivity index (χ2n) is 3.56. The van der Waals surface area contributed by atoms with Crippen LogP contribution in [0.25, 0.3) is 6.08 Å². The average Bonchev–Trinajstić information content (AvgIpc) is 2.74. The molecule has 0 spiro atoms. The Morgan fingerprint density at radius 3 is 3.00 bits per heavy atom. The summed E-state index contributed by atoms with van der Waals surface area (Å²) < 4.78 is 0. The zero-order valence-corrected chi connectivity index (χ0v) is 10.6. The van der Waals surface area contributed by atoms with Crippen LogP contribution in [0.3, 0.4) is 0 Å². The van der Waals surface area contributed by atoms with Crippen LogP contribution in [0.5, 0.6) is 0 Å². The molecule has 0 fully saturated rings. The van der Waals surface area contributed by atoms with Gasteiger partial charge in [0.15, 0.2) is 0 Å². The summed E-state index contributed by atoms with van der Waals surface area (Å²) in [6, 6.07) is 1.80. The van der Waals surface area contributed by atoms with E-state index >= 15 is 0 Å². The molecule has 0 bridgehead atoms. The fourth-order valence-corrected chi connectivity index (χ4v) is 2.47. The zero-order chi connectivity index (χ0) is 12.3. The third kappa shape index (κ3) is 2.99. The van der Waals surface area contributed by atoms with Gasteiger partial charge in [0.1, 0.15) is 4.88 Å². The lowest BCUT2D eigenvalue weighted by atomic mass is 10.1. The molecule has 2 nitrogen and oxygen atoms in total. The van der Waals surface area contributed by atoms with Gasteiger partial charge in [-0.2, -0.15) is 0 Å². The number of thiophene rings is 1. The molecule has 1 N–H and O–H groups in total. The van der Waals surface area contributed by atoms with Crippen LogP contribution in [0.1, 0.15) is 21.7 Å². The van der Waals surface area contributed by atoms with Crippen LogP contribution in [-0.4, -0.2) is 15.9 Å². The van der Waals surface area contributed by atoms with Gasteiger partial charge in [0.25, 0.3) is 0 Å². The molecular formula is C13H10O2S2. The van der Waals surface area contributed by atoms with Crippen molar-refractivity contribution in [3.63, 3.8) is 0 Å². The molecule has 0 atom stereocenters. The number of hydrogen-bond donors (Lipinski definition) is 1. The summed E-state index contributed by atoms with van der Waals surface area (Å²) in [4.78, 5) is 12.2. The van der Waals surface area contributed by atoms with Crippen molar-refractivity contribution in [2.45, 2.75) is 6.42 Å². The summed E-state index contributed by atoms with van der Waals surface area (Å²) in [5.41, 5.74) is 1.73. The van der Waals surface area contributed by atoms with E-state index < -0.39 is 5.97 Å². The van der Waals surface area contributed by atoms with Gasteiger partial charge in [0.05, 0.1) is 0 Å². The Morgan fingerprint density at radius 2 is 2.29 bits per heavy atom. The predicted molar refractivity (Wildman–Crippen MR) is 74.8 cm³/mol. The van der Waals surface area contributed by atoms with Gasteiger partial charge in [-0.05, 0) is 28.7 Å². The molecule has 4 heteroatoms. The lowest BCUT2D eigenvalue weighted by molar-refractivity contribution is 0.0702.